The minimum Gasteiger partial charge on any atom is -0.497 e. The molecule has 0 saturated heterocycles. The number of hydrogen-bond donors (Lipinski definition) is 0. The molecule has 1 heterocycles. The molecule has 0 atom stereocenters. The summed E-state index contributed by atoms with van der Waals surface area (Å²) in [4.78, 5) is 0. The number of ether oxygens (including phenoxy) is 1. The second-order valence-corrected chi connectivity index (χ2v) is 3.72. The molecule has 86 valence electrons. The molecule has 0 radical (unpaired) electrons. The zero-order valence-corrected chi connectivity index (χ0v) is 9.84. The molecule has 4 nitrogen and oxygen atoms in total. The third-order valence-electron chi connectivity index (χ3n) is 2.61. The van der Waals surface area contributed by atoms with Gasteiger partial charge in [-0.15, -0.1) is 0 Å². The summed E-state index contributed by atoms with van der Waals surface area (Å²) >= 11 is 0. The van der Waals surface area contributed by atoms with Gasteiger partial charge in [0.1, 0.15) is 5.75 Å². The number of nitriles is 1. The molecule has 1 aromatic carbocycles. The number of rotatable bonds is 3. The maximum absolute atomic E-state index is 8.69. The Bertz CT molecular complexity index is 549. The third-order valence-corrected chi connectivity index (χ3v) is 2.61. The lowest BCUT2D eigenvalue weighted by atomic mass is 10.2. The van der Waals surface area contributed by atoms with Gasteiger partial charge >= 0.3 is 0 Å². The molecule has 0 unspecified atom stereocenters. The van der Waals surface area contributed by atoms with Crippen LogP contribution < -0.4 is 4.74 Å². The smallest absolute Gasteiger partial charge is 0.119 e. The normalized spacial score (nSPS) is 9.94. The molecule has 1 aromatic heterocycles. The Labute approximate surface area is 100 Å². The predicted molar refractivity (Wildman–Crippen MR) is 64.2 cm³/mol. The number of aryl methyl sites for hydroxylation is 1. The summed E-state index contributed by atoms with van der Waals surface area (Å²) in [6.07, 6.45) is 2.28. The van der Waals surface area contributed by atoms with E-state index in [1.807, 2.05) is 37.4 Å². The first-order valence-electron chi connectivity index (χ1n) is 5.31. The molecule has 0 aliphatic rings. The van der Waals surface area contributed by atoms with Crippen molar-refractivity contribution < 1.29 is 4.74 Å². The first-order valence-corrected chi connectivity index (χ1v) is 5.31. The highest BCUT2D eigenvalue weighted by molar-refractivity contribution is 5.38. The average molecular weight is 227 g/mol. The van der Waals surface area contributed by atoms with Crippen LogP contribution in [0, 0.1) is 18.3 Å². The Morgan fingerprint density at radius 2 is 2.06 bits per heavy atom. The summed E-state index contributed by atoms with van der Waals surface area (Å²) in [6, 6.07) is 9.77. The van der Waals surface area contributed by atoms with Gasteiger partial charge < -0.3 is 4.74 Å². The Hall–Kier alpha value is -2.28. The van der Waals surface area contributed by atoms with Crippen molar-refractivity contribution in [2.24, 2.45) is 0 Å². The van der Waals surface area contributed by atoms with E-state index in [0.29, 0.717) is 6.42 Å². The zero-order valence-electron chi connectivity index (χ0n) is 9.84. The Kier molecular flexibility index (Phi) is 3.10. The van der Waals surface area contributed by atoms with E-state index < -0.39 is 0 Å². The van der Waals surface area contributed by atoms with E-state index in [-0.39, 0.29) is 0 Å². The Balaban J connectivity index is 2.33. The first-order chi connectivity index (χ1) is 8.24. The summed E-state index contributed by atoms with van der Waals surface area (Å²) < 4.78 is 6.88. The van der Waals surface area contributed by atoms with Crippen LogP contribution in [0.4, 0.5) is 0 Å². The maximum Gasteiger partial charge on any atom is 0.119 e. The van der Waals surface area contributed by atoms with E-state index in [1.54, 1.807) is 11.8 Å². The number of methoxy groups -OCH3 is 1. The fourth-order valence-electron chi connectivity index (χ4n) is 1.62. The molecule has 4 heteroatoms. The van der Waals surface area contributed by atoms with Crippen LogP contribution in [0.5, 0.6) is 5.75 Å². The molecule has 0 bridgehead atoms. The van der Waals surface area contributed by atoms with Crippen LogP contribution in [-0.4, -0.2) is 16.9 Å². The average Bonchev–Trinajstić information content (AvgIpc) is 2.72. The largest absolute Gasteiger partial charge is 0.497 e. The maximum atomic E-state index is 8.69. The topological polar surface area (TPSA) is 50.8 Å². The van der Waals surface area contributed by atoms with Crippen molar-refractivity contribution in [3.63, 3.8) is 0 Å². The van der Waals surface area contributed by atoms with E-state index in [9.17, 15) is 0 Å². The second kappa shape index (κ2) is 4.71. The van der Waals surface area contributed by atoms with Crippen LogP contribution >= 0.6 is 0 Å². The lowest BCUT2D eigenvalue weighted by Crippen LogP contribution is -1.94. The highest BCUT2D eigenvalue weighted by Gasteiger charge is 2.05. The molecule has 0 fully saturated rings. The second-order valence-electron chi connectivity index (χ2n) is 3.72. The van der Waals surface area contributed by atoms with E-state index in [0.717, 1.165) is 22.7 Å². The van der Waals surface area contributed by atoms with Gasteiger partial charge in [0.2, 0.25) is 0 Å². The van der Waals surface area contributed by atoms with Crippen molar-refractivity contribution in [1.29, 1.82) is 5.26 Å². The van der Waals surface area contributed by atoms with E-state index in [2.05, 4.69) is 11.2 Å². The van der Waals surface area contributed by atoms with Crippen molar-refractivity contribution in [3.8, 4) is 17.5 Å². The Morgan fingerprint density at radius 1 is 1.35 bits per heavy atom. The molecule has 0 spiro atoms. The van der Waals surface area contributed by atoms with Gasteiger partial charge in [-0.1, -0.05) is 0 Å². The standard InChI is InChI=1S/C13H13N3O/c1-10-11(7-8-14)9-16(15-10)12-3-5-13(17-2)6-4-12/h3-6,9H,7H2,1-2H3. The summed E-state index contributed by atoms with van der Waals surface area (Å²) in [5.74, 6) is 0.815. The molecule has 0 amide bonds. The van der Waals surface area contributed by atoms with Crippen LogP contribution in [0.15, 0.2) is 30.5 Å². The Morgan fingerprint density at radius 3 is 2.65 bits per heavy atom. The van der Waals surface area contributed by atoms with Gasteiger partial charge in [-0.25, -0.2) is 4.68 Å². The predicted octanol–water partition coefficient (Wildman–Crippen LogP) is 2.26. The number of aromatic nitrogens is 2. The quantitative estimate of drug-likeness (QED) is 0.808. The molecule has 2 aromatic rings. The summed E-state index contributed by atoms with van der Waals surface area (Å²) in [6.45, 7) is 1.91. The minimum absolute atomic E-state index is 0.391. The van der Waals surface area contributed by atoms with E-state index >= 15 is 0 Å². The summed E-state index contributed by atoms with van der Waals surface area (Å²) in [7, 11) is 1.64. The molecular formula is C13H13N3O. The fourth-order valence-corrected chi connectivity index (χ4v) is 1.62. The minimum atomic E-state index is 0.391. The molecule has 0 saturated carbocycles. The molecule has 0 aliphatic heterocycles. The van der Waals surface area contributed by atoms with Gasteiger partial charge in [0.15, 0.2) is 0 Å². The highest BCUT2D eigenvalue weighted by Crippen LogP contribution is 2.16. The molecule has 0 N–H and O–H groups in total. The monoisotopic (exact) mass is 227 g/mol. The SMILES string of the molecule is COc1ccc(-n2cc(CC#N)c(C)n2)cc1. The highest BCUT2D eigenvalue weighted by atomic mass is 16.5. The lowest BCUT2D eigenvalue weighted by molar-refractivity contribution is 0.414. The fraction of sp³-hybridized carbons (Fsp3) is 0.231. The van der Waals surface area contributed by atoms with Crippen LogP contribution in [0.2, 0.25) is 0 Å². The number of hydrogen-bond acceptors (Lipinski definition) is 3. The van der Waals surface area contributed by atoms with Gasteiger partial charge in [-0.3, -0.25) is 0 Å². The van der Waals surface area contributed by atoms with Crippen molar-refractivity contribution in [2.75, 3.05) is 7.11 Å². The van der Waals surface area contributed by atoms with Crippen molar-refractivity contribution >= 4 is 0 Å². The lowest BCUT2D eigenvalue weighted by Gasteiger charge is -2.02. The van der Waals surface area contributed by atoms with Crippen molar-refractivity contribution in [1.82, 2.24) is 9.78 Å². The molecule has 2 rings (SSSR count). The summed E-state index contributed by atoms with van der Waals surface area (Å²) in [5.41, 5.74) is 2.81. The van der Waals surface area contributed by atoms with Crippen molar-refractivity contribution in [2.45, 2.75) is 13.3 Å². The van der Waals surface area contributed by atoms with Gasteiger partial charge in [0, 0.05) is 11.8 Å². The van der Waals surface area contributed by atoms with Crippen LogP contribution in [0.1, 0.15) is 11.3 Å². The van der Waals surface area contributed by atoms with Crippen LogP contribution in [0.25, 0.3) is 5.69 Å². The first kappa shape index (κ1) is 11.2. The zero-order chi connectivity index (χ0) is 12.3. The van der Waals surface area contributed by atoms with Crippen LogP contribution in [-0.2, 0) is 6.42 Å². The molecular weight excluding hydrogens is 214 g/mol. The third kappa shape index (κ3) is 2.28. The van der Waals surface area contributed by atoms with Gasteiger partial charge in [0.25, 0.3) is 0 Å². The molecule has 0 aliphatic carbocycles. The van der Waals surface area contributed by atoms with E-state index in [1.165, 1.54) is 0 Å². The van der Waals surface area contributed by atoms with Crippen molar-refractivity contribution in [3.05, 3.63) is 41.7 Å². The van der Waals surface area contributed by atoms with Crippen LogP contribution in [0.3, 0.4) is 0 Å². The summed E-state index contributed by atoms with van der Waals surface area (Å²) in [5, 5.41) is 13.1. The van der Waals surface area contributed by atoms with E-state index in [4.69, 9.17) is 10.00 Å². The van der Waals surface area contributed by atoms with Gasteiger partial charge in [0.05, 0.1) is 31.0 Å². The molecule has 17 heavy (non-hydrogen) atoms. The number of nitrogens with zero attached hydrogens (tertiary/aromatic N) is 3. The van der Waals surface area contributed by atoms with Gasteiger partial charge in [-0.2, -0.15) is 10.4 Å². The van der Waals surface area contributed by atoms with Gasteiger partial charge in [-0.05, 0) is 31.2 Å². The number of benzene rings is 1.